The lowest BCUT2D eigenvalue weighted by Crippen LogP contribution is -2.32. The first-order valence-corrected chi connectivity index (χ1v) is 12.1. The van der Waals surface area contributed by atoms with E-state index >= 15 is 0 Å². The molecule has 1 saturated carbocycles. The molecule has 1 N–H and O–H groups in total. The van der Waals surface area contributed by atoms with Crippen molar-refractivity contribution in [1.82, 2.24) is 4.72 Å². The van der Waals surface area contributed by atoms with Gasteiger partial charge in [0.2, 0.25) is 10.0 Å². The van der Waals surface area contributed by atoms with Crippen LogP contribution in [0.1, 0.15) is 31.2 Å². The van der Waals surface area contributed by atoms with Crippen molar-refractivity contribution in [3.63, 3.8) is 0 Å². The van der Waals surface area contributed by atoms with Crippen LogP contribution >= 0.6 is 0 Å². The van der Waals surface area contributed by atoms with E-state index in [0.717, 1.165) is 37.8 Å². The van der Waals surface area contributed by atoms with Crippen molar-refractivity contribution >= 4 is 25.7 Å². The fourth-order valence-electron chi connectivity index (χ4n) is 3.83. The van der Waals surface area contributed by atoms with Crippen molar-refractivity contribution in [2.75, 3.05) is 10.8 Å². The number of nitrogens with one attached hydrogen (secondary N) is 1. The van der Waals surface area contributed by atoms with E-state index in [1.54, 1.807) is 6.07 Å². The van der Waals surface area contributed by atoms with Crippen LogP contribution in [0.5, 0.6) is 0 Å². The minimum atomic E-state index is -3.83. The SMILES string of the molecule is O=S(=O)(NC1CCCC1)c1ccc2c(c1)CCN2S(=O)(=O)c1ccc(F)cc1. The maximum atomic E-state index is 13.1. The first-order chi connectivity index (χ1) is 13.3. The number of anilines is 1. The van der Waals surface area contributed by atoms with Gasteiger partial charge in [-0.25, -0.2) is 25.9 Å². The van der Waals surface area contributed by atoms with Gasteiger partial charge in [-0.3, -0.25) is 4.31 Å². The molecule has 2 aromatic carbocycles. The summed E-state index contributed by atoms with van der Waals surface area (Å²) in [6, 6.07) is 9.16. The maximum absolute atomic E-state index is 13.1. The number of sulfonamides is 2. The highest BCUT2D eigenvalue weighted by molar-refractivity contribution is 7.92. The fraction of sp³-hybridized carbons (Fsp3) is 0.368. The number of nitrogens with zero attached hydrogens (tertiary/aromatic N) is 1. The van der Waals surface area contributed by atoms with E-state index in [9.17, 15) is 21.2 Å². The molecule has 1 heterocycles. The molecule has 0 amide bonds. The summed E-state index contributed by atoms with van der Waals surface area (Å²) in [5.41, 5.74) is 1.13. The van der Waals surface area contributed by atoms with E-state index < -0.39 is 25.9 Å². The lowest BCUT2D eigenvalue weighted by molar-refractivity contribution is 0.552. The van der Waals surface area contributed by atoms with Crippen LogP contribution in [-0.4, -0.2) is 29.4 Å². The van der Waals surface area contributed by atoms with E-state index in [1.165, 1.54) is 28.6 Å². The Morgan fingerprint density at radius 2 is 1.57 bits per heavy atom. The molecule has 1 fully saturated rings. The highest BCUT2D eigenvalue weighted by atomic mass is 32.2. The molecule has 1 aliphatic carbocycles. The second kappa shape index (κ2) is 7.13. The van der Waals surface area contributed by atoms with Crippen LogP contribution in [-0.2, 0) is 26.5 Å². The zero-order valence-electron chi connectivity index (χ0n) is 15.1. The Morgan fingerprint density at radius 3 is 2.25 bits per heavy atom. The minimum absolute atomic E-state index is 0.00125. The van der Waals surface area contributed by atoms with Gasteiger partial charge in [-0.2, -0.15) is 0 Å². The summed E-state index contributed by atoms with van der Waals surface area (Å²) in [4.78, 5) is 0.153. The zero-order valence-corrected chi connectivity index (χ0v) is 16.8. The van der Waals surface area contributed by atoms with Crippen molar-refractivity contribution < 1.29 is 21.2 Å². The molecule has 150 valence electrons. The largest absolute Gasteiger partial charge is 0.266 e. The van der Waals surface area contributed by atoms with Gasteiger partial charge in [0.1, 0.15) is 5.82 Å². The maximum Gasteiger partial charge on any atom is 0.264 e. The number of hydrogen-bond donors (Lipinski definition) is 1. The third kappa shape index (κ3) is 3.54. The Balaban J connectivity index is 1.62. The monoisotopic (exact) mass is 424 g/mol. The third-order valence-corrected chi connectivity index (χ3v) is 8.64. The molecule has 28 heavy (non-hydrogen) atoms. The second-order valence-electron chi connectivity index (χ2n) is 7.17. The molecule has 0 spiro atoms. The quantitative estimate of drug-likeness (QED) is 0.800. The van der Waals surface area contributed by atoms with Gasteiger partial charge in [0.05, 0.1) is 15.5 Å². The lowest BCUT2D eigenvalue weighted by atomic mass is 10.2. The second-order valence-corrected chi connectivity index (χ2v) is 10.8. The summed E-state index contributed by atoms with van der Waals surface area (Å²) in [7, 11) is -7.47. The highest BCUT2D eigenvalue weighted by Gasteiger charge is 2.32. The Labute approximate surface area is 164 Å². The molecule has 0 bridgehead atoms. The first-order valence-electron chi connectivity index (χ1n) is 9.21. The summed E-state index contributed by atoms with van der Waals surface area (Å²) < 4.78 is 68.2. The number of fused-ring (bicyclic) bond motifs is 1. The van der Waals surface area contributed by atoms with Crippen molar-refractivity contribution in [3.8, 4) is 0 Å². The molecule has 0 saturated heterocycles. The van der Waals surface area contributed by atoms with Crippen LogP contribution in [0.4, 0.5) is 10.1 Å². The molecule has 1 aliphatic heterocycles. The number of hydrogen-bond acceptors (Lipinski definition) is 4. The minimum Gasteiger partial charge on any atom is -0.266 e. The standard InChI is InChI=1S/C19H21FN2O4S2/c20-15-5-7-17(8-6-15)28(25,26)22-12-11-14-13-18(9-10-19(14)22)27(23,24)21-16-3-1-2-4-16/h5-10,13,16,21H,1-4,11-12H2. The molecule has 9 heteroatoms. The summed E-state index contributed by atoms with van der Waals surface area (Å²) in [6.07, 6.45) is 4.14. The van der Waals surface area contributed by atoms with E-state index in [-0.39, 0.29) is 22.4 Å². The molecule has 0 radical (unpaired) electrons. The van der Waals surface area contributed by atoms with E-state index in [4.69, 9.17) is 0 Å². The molecule has 2 aliphatic rings. The van der Waals surface area contributed by atoms with Crippen LogP contribution < -0.4 is 9.03 Å². The van der Waals surface area contributed by atoms with Gasteiger partial charge in [0, 0.05) is 12.6 Å². The predicted octanol–water partition coefficient (Wildman–Crippen LogP) is 2.80. The van der Waals surface area contributed by atoms with Crippen molar-refractivity contribution in [2.45, 2.75) is 47.9 Å². The normalized spacial score (nSPS) is 17.8. The Kier molecular flexibility index (Phi) is 4.93. The third-order valence-electron chi connectivity index (χ3n) is 5.29. The zero-order chi connectivity index (χ0) is 19.9. The lowest BCUT2D eigenvalue weighted by Gasteiger charge is -2.20. The molecular formula is C19H21FN2O4S2. The fourth-order valence-corrected chi connectivity index (χ4v) is 6.69. The summed E-state index contributed by atoms with van der Waals surface area (Å²) >= 11 is 0. The van der Waals surface area contributed by atoms with Gasteiger partial charge in [-0.05, 0) is 67.3 Å². The van der Waals surface area contributed by atoms with E-state index in [1.807, 2.05) is 0 Å². The number of rotatable bonds is 5. The molecule has 0 atom stereocenters. The van der Waals surface area contributed by atoms with Crippen LogP contribution in [0, 0.1) is 5.82 Å². The molecule has 2 aromatic rings. The molecule has 4 rings (SSSR count). The van der Waals surface area contributed by atoms with Crippen molar-refractivity contribution in [2.24, 2.45) is 0 Å². The average Bonchev–Trinajstić information content (AvgIpc) is 3.30. The van der Waals surface area contributed by atoms with Crippen molar-refractivity contribution in [1.29, 1.82) is 0 Å². The summed E-state index contributed by atoms with van der Waals surface area (Å²) in [5.74, 6) is -0.509. The van der Waals surface area contributed by atoms with Crippen LogP contribution in [0.25, 0.3) is 0 Å². The van der Waals surface area contributed by atoms with Gasteiger partial charge >= 0.3 is 0 Å². The van der Waals surface area contributed by atoms with Gasteiger partial charge in [-0.1, -0.05) is 12.8 Å². The Morgan fingerprint density at radius 1 is 0.929 bits per heavy atom. The number of halogens is 1. The molecule has 6 nitrogen and oxygen atoms in total. The predicted molar refractivity (Wildman–Crippen MR) is 104 cm³/mol. The smallest absolute Gasteiger partial charge is 0.264 e. The van der Waals surface area contributed by atoms with Gasteiger partial charge in [-0.15, -0.1) is 0 Å². The van der Waals surface area contributed by atoms with Crippen LogP contribution in [0.2, 0.25) is 0 Å². The summed E-state index contributed by atoms with van der Waals surface area (Å²) in [6.45, 7) is 0.217. The van der Waals surface area contributed by atoms with Crippen molar-refractivity contribution in [3.05, 3.63) is 53.8 Å². The number of benzene rings is 2. The van der Waals surface area contributed by atoms with Gasteiger partial charge < -0.3 is 0 Å². The van der Waals surface area contributed by atoms with Crippen LogP contribution in [0.15, 0.2) is 52.3 Å². The van der Waals surface area contributed by atoms with E-state index in [2.05, 4.69) is 4.72 Å². The molecule has 0 unspecified atom stereocenters. The Bertz CT molecular complexity index is 1090. The average molecular weight is 425 g/mol. The first kappa shape index (κ1) is 19.4. The van der Waals surface area contributed by atoms with Crippen LogP contribution in [0.3, 0.4) is 0 Å². The summed E-state index contributed by atoms with van der Waals surface area (Å²) in [5, 5.41) is 0. The van der Waals surface area contributed by atoms with E-state index in [0.29, 0.717) is 17.7 Å². The highest BCUT2D eigenvalue weighted by Crippen LogP contribution is 2.34. The van der Waals surface area contributed by atoms with Gasteiger partial charge in [0.15, 0.2) is 0 Å². The molecular weight excluding hydrogens is 403 g/mol. The molecule has 0 aromatic heterocycles. The Hall–Kier alpha value is -1.97. The van der Waals surface area contributed by atoms with Gasteiger partial charge in [0.25, 0.3) is 10.0 Å². The topological polar surface area (TPSA) is 83.6 Å².